The number of urea groups is 1. The Hall–Kier alpha value is -3.78. The number of carbonyl (C=O) groups excluding carboxylic acids is 3. The van der Waals surface area contributed by atoms with E-state index in [0.29, 0.717) is 16.5 Å². The molecule has 0 atom stereocenters. The first-order valence-corrected chi connectivity index (χ1v) is 9.20. The van der Waals surface area contributed by atoms with E-state index in [2.05, 4.69) is 10.1 Å². The SMILES string of the molecule is COC(=O)c1ccc(CN2C(=O)NC(=Cc3ccc(-c4ccc(Cl)cc4)o3)C2=O)o1. The average Bonchev–Trinajstić information content (AvgIpc) is 3.45. The van der Waals surface area contributed by atoms with E-state index in [-0.39, 0.29) is 23.8 Å². The molecule has 4 rings (SSSR count). The molecule has 1 saturated heterocycles. The lowest BCUT2D eigenvalue weighted by Crippen LogP contribution is -2.30. The van der Waals surface area contributed by atoms with E-state index in [4.69, 9.17) is 20.4 Å². The highest BCUT2D eigenvalue weighted by Crippen LogP contribution is 2.26. The van der Waals surface area contributed by atoms with Crippen LogP contribution in [0, 0.1) is 0 Å². The zero-order valence-corrected chi connectivity index (χ0v) is 16.4. The van der Waals surface area contributed by atoms with Gasteiger partial charge < -0.3 is 18.9 Å². The van der Waals surface area contributed by atoms with Crippen molar-refractivity contribution < 1.29 is 28.0 Å². The number of rotatable bonds is 5. The first-order chi connectivity index (χ1) is 14.4. The highest BCUT2D eigenvalue weighted by Gasteiger charge is 2.34. The molecule has 0 spiro atoms. The quantitative estimate of drug-likeness (QED) is 0.375. The topological polar surface area (TPSA) is 102 Å². The lowest BCUT2D eigenvalue weighted by molar-refractivity contribution is -0.123. The maximum Gasteiger partial charge on any atom is 0.373 e. The molecule has 0 saturated carbocycles. The van der Waals surface area contributed by atoms with Gasteiger partial charge in [0.25, 0.3) is 5.91 Å². The van der Waals surface area contributed by atoms with Gasteiger partial charge in [0.1, 0.15) is 23.0 Å². The van der Waals surface area contributed by atoms with E-state index < -0.39 is 17.9 Å². The van der Waals surface area contributed by atoms with Gasteiger partial charge in [-0.1, -0.05) is 11.6 Å². The van der Waals surface area contributed by atoms with Crippen LogP contribution < -0.4 is 5.32 Å². The number of methoxy groups -OCH3 is 1. The lowest BCUT2D eigenvalue weighted by atomic mass is 10.2. The Kier molecular flexibility index (Phi) is 5.16. The fourth-order valence-electron chi connectivity index (χ4n) is 2.89. The Morgan fingerprint density at radius 1 is 1.10 bits per heavy atom. The van der Waals surface area contributed by atoms with E-state index in [1.54, 1.807) is 24.3 Å². The molecule has 3 aromatic rings. The Morgan fingerprint density at radius 2 is 1.87 bits per heavy atom. The second-order valence-electron chi connectivity index (χ2n) is 6.35. The lowest BCUT2D eigenvalue weighted by Gasteiger charge is -2.09. The fraction of sp³-hybridized carbons (Fsp3) is 0.0952. The summed E-state index contributed by atoms with van der Waals surface area (Å²) in [4.78, 5) is 37.3. The highest BCUT2D eigenvalue weighted by molar-refractivity contribution is 6.30. The van der Waals surface area contributed by atoms with Crippen LogP contribution in [0.15, 0.2) is 63.1 Å². The van der Waals surface area contributed by atoms with E-state index in [1.807, 2.05) is 12.1 Å². The summed E-state index contributed by atoms with van der Waals surface area (Å²) in [6.07, 6.45) is 1.45. The third kappa shape index (κ3) is 3.85. The number of hydrogen-bond donors (Lipinski definition) is 1. The first-order valence-electron chi connectivity index (χ1n) is 8.82. The van der Waals surface area contributed by atoms with Crippen molar-refractivity contribution in [1.82, 2.24) is 10.2 Å². The number of esters is 1. The molecular formula is C21H15ClN2O6. The fourth-order valence-corrected chi connectivity index (χ4v) is 3.01. The number of nitrogens with one attached hydrogen (secondary N) is 1. The summed E-state index contributed by atoms with van der Waals surface area (Å²) in [6, 6.07) is 12.9. The van der Waals surface area contributed by atoms with Crippen molar-refractivity contribution in [3.63, 3.8) is 0 Å². The van der Waals surface area contributed by atoms with Crippen LogP contribution in [0.3, 0.4) is 0 Å². The number of nitrogens with zero attached hydrogens (tertiary/aromatic N) is 1. The van der Waals surface area contributed by atoms with Gasteiger partial charge in [-0.15, -0.1) is 0 Å². The van der Waals surface area contributed by atoms with Crippen molar-refractivity contribution in [2.24, 2.45) is 0 Å². The van der Waals surface area contributed by atoms with Gasteiger partial charge in [0.2, 0.25) is 5.76 Å². The Balaban J connectivity index is 1.50. The summed E-state index contributed by atoms with van der Waals surface area (Å²) in [5, 5.41) is 3.12. The molecule has 3 amide bonds. The van der Waals surface area contributed by atoms with E-state index in [9.17, 15) is 14.4 Å². The Morgan fingerprint density at radius 3 is 2.60 bits per heavy atom. The molecule has 30 heavy (non-hydrogen) atoms. The molecule has 0 aliphatic carbocycles. The zero-order valence-electron chi connectivity index (χ0n) is 15.7. The largest absolute Gasteiger partial charge is 0.463 e. The van der Waals surface area contributed by atoms with Gasteiger partial charge in [0.05, 0.1) is 13.7 Å². The molecule has 2 aromatic heterocycles. The minimum Gasteiger partial charge on any atom is -0.463 e. The van der Waals surface area contributed by atoms with Gasteiger partial charge in [-0.2, -0.15) is 0 Å². The van der Waals surface area contributed by atoms with Gasteiger partial charge in [-0.25, -0.2) is 9.59 Å². The molecule has 1 fully saturated rings. The van der Waals surface area contributed by atoms with Crippen LogP contribution >= 0.6 is 11.6 Å². The van der Waals surface area contributed by atoms with Crippen molar-refractivity contribution in [1.29, 1.82) is 0 Å². The predicted molar refractivity (Wildman–Crippen MR) is 106 cm³/mol. The van der Waals surface area contributed by atoms with Gasteiger partial charge in [0.15, 0.2) is 0 Å². The summed E-state index contributed by atoms with van der Waals surface area (Å²) in [6.45, 7) is -0.132. The van der Waals surface area contributed by atoms with Gasteiger partial charge in [0, 0.05) is 16.7 Å². The molecule has 1 aliphatic rings. The minimum atomic E-state index is -0.645. The number of carbonyl (C=O) groups is 3. The summed E-state index contributed by atoms with van der Waals surface area (Å²) in [5.41, 5.74) is 0.892. The maximum absolute atomic E-state index is 12.6. The van der Waals surface area contributed by atoms with Crippen molar-refractivity contribution >= 4 is 35.6 Å². The van der Waals surface area contributed by atoms with Gasteiger partial charge in [-0.05, 0) is 48.5 Å². The Labute approximate surface area is 175 Å². The molecule has 1 aliphatic heterocycles. The van der Waals surface area contributed by atoms with Crippen LogP contribution in [0.1, 0.15) is 22.1 Å². The second-order valence-corrected chi connectivity index (χ2v) is 6.78. The van der Waals surface area contributed by atoms with E-state index in [1.165, 1.54) is 25.3 Å². The molecule has 1 aromatic carbocycles. The summed E-state index contributed by atoms with van der Waals surface area (Å²) < 4.78 is 15.6. The van der Waals surface area contributed by atoms with Gasteiger partial charge in [-0.3, -0.25) is 9.69 Å². The van der Waals surface area contributed by atoms with Crippen molar-refractivity contribution in [2.45, 2.75) is 6.54 Å². The van der Waals surface area contributed by atoms with Crippen molar-refractivity contribution in [3.8, 4) is 11.3 Å². The monoisotopic (exact) mass is 426 g/mol. The number of benzene rings is 1. The molecule has 1 N–H and O–H groups in total. The number of hydrogen-bond acceptors (Lipinski definition) is 6. The molecule has 0 bridgehead atoms. The molecular weight excluding hydrogens is 412 g/mol. The molecule has 9 heteroatoms. The summed E-state index contributed by atoms with van der Waals surface area (Å²) in [7, 11) is 1.23. The van der Waals surface area contributed by atoms with Crippen LogP contribution in [-0.4, -0.2) is 29.9 Å². The average molecular weight is 427 g/mol. The maximum atomic E-state index is 12.6. The van der Waals surface area contributed by atoms with Crippen molar-refractivity contribution in [2.75, 3.05) is 7.11 Å². The molecule has 0 unspecified atom stereocenters. The normalized spacial score (nSPS) is 15.0. The molecule has 0 radical (unpaired) electrons. The molecule has 3 heterocycles. The third-order valence-corrected chi connectivity index (χ3v) is 4.62. The summed E-state index contributed by atoms with van der Waals surface area (Å²) in [5.74, 6) is 0.0621. The Bertz CT molecular complexity index is 1160. The van der Waals surface area contributed by atoms with Gasteiger partial charge >= 0.3 is 12.0 Å². The molecule has 152 valence electrons. The number of ether oxygens (including phenoxy) is 1. The van der Waals surface area contributed by atoms with Crippen LogP contribution in [0.25, 0.3) is 17.4 Å². The third-order valence-electron chi connectivity index (χ3n) is 4.37. The standard InChI is InChI=1S/C21H15ClN2O6/c1-28-20(26)18-9-7-15(30-18)11-24-19(25)16(23-21(24)27)10-14-6-8-17(29-14)12-2-4-13(22)5-3-12/h2-10H,11H2,1H3,(H,23,27). The van der Waals surface area contributed by atoms with Crippen LogP contribution in [0.4, 0.5) is 4.79 Å². The van der Waals surface area contributed by atoms with Crippen molar-refractivity contribution in [3.05, 3.63) is 76.5 Å². The number of furan rings is 2. The van der Waals surface area contributed by atoms with Crippen LogP contribution in [0.5, 0.6) is 0 Å². The van der Waals surface area contributed by atoms with Crippen LogP contribution in [0.2, 0.25) is 5.02 Å². The number of halogens is 1. The predicted octanol–water partition coefficient (Wildman–Crippen LogP) is 4.07. The second kappa shape index (κ2) is 7.92. The minimum absolute atomic E-state index is 0.0133. The smallest absolute Gasteiger partial charge is 0.373 e. The zero-order chi connectivity index (χ0) is 21.3. The number of amides is 3. The highest BCUT2D eigenvalue weighted by atomic mass is 35.5. The van der Waals surface area contributed by atoms with E-state index in [0.717, 1.165) is 10.5 Å². The van der Waals surface area contributed by atoms with E-state index >= 15 is 0 Å². The summed E-state index contributed by atoms with van der Waals surface area (Å²) >= 11 is 5.89. The number of imide groups is 1. The first kappa shape index (κ1) is 19.5. The molecule has 8 nitrogen and oxygen atoms in total. The van der Waals surface area contributed by atoms with Crippen LogP contribution in [-0.2, 0) is 16.1 Å².